The third-order valence-corrected chi connectivity index (χ3v) is 6.42. The lowest BCUT2D eigenvalue weighted by Gasteiger charge is -2.30. The summed E-state index contributed by atoms with van der Waals surface area (Å²) in [6.45, 7) is 2.22. The lowest BCUT2D eigenvalue weighted by molar-refractivity contribution is 0.439. The van der Waals surface area contributed by atoms with Crippen molar-refractivity contribution < 1.29 is 9.52 Å². The summed E-state index contributed by atoms with van der Waals surface area (Å²) in [5.74, 6) is 1.68. The number of aromatic nitrogens is 1. The van der Waals surface area contributed by atoms with E-state index in [1.165, 1.54) is 16.7 Å². The number of hydrogen-bond donors (Lipinski definition) is 1. The Hall–Kier alpha value is -3.33. The highest BCUT2D eigenvalue weighted by Gasteiger charge is 2.32. The van der Waals surface area contributed by atoms with Gasteiger partial charge in [-0.1, -0.05) is 79.7 Å². The summed E-state index contributed by atoms with van der Waals surface area (Å²) < 4.78 is 6.09. The molecule has 1 heterocycles. The van der Waals surface area contributed by atoms with Crippen LogP contribution in [-0.4, -0.2) is 10.1 Å². The van der Waals surface area contributed by atoms with Crippen LogP contribution >= 0.6 is 0 Å². The summed E-state index contributed by atoms with van der Waals surface area (Å²) in [7, 11) is 0. The number of nitrogens with zero attached hydrogens (tertiary/aromatic N) is 1. The molecule has 4 aromatic rings. The lowest BCUT2D eigenvalue weighted by Crippen LogP contribution is -2.17. The van der Waals surface area contributed by atoms with Gasteiger partial charge in [-0.05, 0) is 47.1 Å². The molecule has 150 valence electrons. The minimum Gasteiger partial charge on any atom is -0.508 e. The maximum Gasteiger partial charge on any atom is 0.206 e. The first-order valence-corrected chi connectivity index (χ1v) is 10.6. The van der Waals surface area contributed by atoms with Gasteiger partial charge in [0.05, 0.1) is 11.6 Å². The molecule has 0 saturated carbocycles. The zero-order chi connectivity index (χ0) is 20.5. The molecule has 2 atom stereocenters. The number of phenolic OH excluding ortho intramolecular Hbond substituents is 1. The number of hydrogen-bond acceptors (Lipinski definition) is 3. The van der Waals surface area contributed by atoms with E-state index in [0.29, 0.717) is 5.75 Å². The number of oxazole rings is 1. The predicted octanol–water partition coefficient (Wildman–Crippen LogP) is 6.39. The van der Waals surface area contributed by atoms with Crippen molar-refractivity contribution in [2.24, 2.45) is 0 Å². The van der Waals surface area contributed by atoms with E-state index in [2.05, 4.69) is 61.5 Å². The molecule has 1 N–H and O–H groups in total. The minimum absolute atomic E-state index is 0.0311. The Morgan fingerprint density at radius 1 is 0.900 bits per heavy atom. The van der Waals surface area contributed by atoms with Gasteiger partial charge in [0.15, 0.2) is 0 Å². The maximum absolute atomic E-state index is 10.2. The van der Waals surface area contributed by atoms with E-state index < -0.39 is 0 Å². The summed E-state index contributed by atoms with van der Waals surface area (Å²) >= 11 is 0. The van der Waals surface area contributed by atoms with Crippen molar-refractivity contribution in [2.75, 3.05) is 0 Å². The molecular formula is C27H25NO2. The summed E-state index contributed by atoms with van der Waals surface area (Å²) in [6.07, 6.45) is 3.65. The van der Waals surface area contributed by atoms with E-state index >= 15 is 0 Å². The molecule has 0 bridgehead atoms. The topological polar surface area (TPSA) is 46.3 Å². The van der Waals surface area contributed by atoms with Crippen LogP contribution < -0.4 is 0 Å². The quantitative estimate of drug-likeness (QED) is 0.435. The van der Waals surface area contributed by atoms with Crippen LogP contribution in [0.2, 0.25) is 0 Å². The number of benzene rings is 3. The van der Waals surface area contributed by atoms with Crippen molar-refractivity contribution in [1.82, 2.24) is 4.98 Å². The molecule has 3 heteroatoms. The van der Waals surface area contributed by atoms with E-state index in [1.54, 1.807) is 6.07 Å². The number of aromatic hydroxyl groups is 1. The van der Waals surface area contributed by atoms with Gasteiger partial charge in [0, 0.05) is 5.92 Å². The first-order valence-electron chi connectivity index (χ1n) is 10.6. The fourth-order valence-electron chi connectivity index (χ4n) is 4.83. The molecule has 3 nitrogen and oxygen atoms in total. The molecule has 3 aromatic carbocycles. The van der Waals surface area contributed by atoms with Crippen molar-refractivity contribution >= 4 is 0 Å². The molecule has 1 aliphatic rings. The van der Waals surface area contributed by atoms with Crippen molar-refractivity contribution in [1.29, 1.82) is 0 Å². The fraction of sp³-hybridized carbons (Fsp3) is 0.222. The Bertz CT molecular complexity index is 1090. The van der Waals surface area contributed by atoms with Crippen molar-refractivity contribution in [3.8, 4) is 5.75 Å². The Balaban J connectivity index is 1.51. The largest absolute Gasteiger partial charge is 0.508 e. The molecule has 0 radical (unpaired) electrons. The SMILES string of the molecule is CC1c2cccc(O)c2CCC1c1coc(C(c2ccccc2)c2ccccc2)n1. The summed E-state index contributed by atoms with van der Waals surface area (Å²) in [5, 5.41) is 10.2. The molecule has 30 heavy (non-hydrogen) atoms. The maximum atomic E-state index is 10.2. The van der Waals surface area contributed by atoms with Crippen molar-refractivity contribution in [2.45, 2.75) is 37.5 Å². The second-order valence-corrected chi connectivity index (χ2v) is 8.14. The van der Waals surface area contributed by atoms with Crippen LogP contribution in [-0.2, 0) is 6.42 Å². The molecule has 0 aliphatic heterocycles. The van der Waals surface area contributed by atoms with Gasteiger partial charge in [-0.25, -0.2) is 4.98 Å². The molecule has 1 aromatic heterocycles. The van der Waals surface area contributed by atoms with Crippen LogP contribution in [0.5, 0.6) is 5.75 Å². The average molecular weight is 396 g/mol. The normalized spacial score (nSPS) is 18.3. The Kier molecular flexibility index (Phi) is 4.88. The number of phenols is 1. The van der Waals surface area contributed by atoms with E-state index in [0.717, 1.165) is 30.0 Å². The zero-order valence-electron chi connectivity index (χ0n) is 17.0. The van der Waals surface area contributed by atoms with Gasteiger partial charge in [0.2, 0.25) is 5.89 Å². The van der Waals surface area contributed by atoms with Crippen LogP contribution in [0, 0.1) is 0 Å². The van der Waals surface area contributed by atoms with Crippen molar-refractivity contribution in [3.63, 3.8) is 0 Å². The fourth-order valence-corrected chi connectivity index (χ4v) is 4.83. The highest BCUT2D eigenvalue weighted by atomic mass is 16.3. The van der Waals surface area contributed by atoms with Gasteiger partial charge in [-0.15, -0.1) is 0 Å². The first-order chi connectivity index (χ1) is 14.7. The highest BCUT2D eigenvalue weighted by molar-refractivity contribution is 5.45. The van der Waals surface area contributed by atoms with E-state index in [4.69, 9.17) is 9.40 Å². The Morgan fingerprint density at radius 3 is 2.23 bits per heavy atom. The highest BCUT2D eigenvalue weighted by Crippen LogP contribution is 2.44. The minimum atomic E-state index is -0.0311. The average Bonchev–Trinajstić information content (AvgIpc) is 3.26. The lowest BCUT2D eigenvalue weighted by atomic mass is 9.74. The molecule has 5 rings (SSSR count). The van der Waals surface area contributed by atoms with Crippen LogP contribution in [0.3, 0.4) is 0 Å². The van der Waals surface area contributed by atoms with Crippen LogP contribution in [0.25, 0.3) is 0 Å². The standard InChI is InChI=1S/C27H25NO2/c1-18-21-13-8-14-25(29)23(21)16-15-22(18)24-17-30-27(28-24)26(19-9-4-2-5-10-19)20-11-6-3-7-12-20/h2-14,17-18,22,26,29H,15-16H2,1H3. The molecule has 2 unspecified atom stereocenters. The van der Waals surface area contributed by atoms with Crippen molar-refractivity contribution in [3.05, 3.63) is 119 Å². The van der Waals surface area contributed by atoms with Crippen LogP contribution in [0.4, 0.5) is 0 Å². The van der Waals surface area contributed by atoms with Crippen LogP contribution in [0.15, 0.2) is 89.5 Å². The molecule has 0 saturated heterocycles. The van der Waals surface area contributed by atoms with Gasteiger partial charge < -0.3 is 9.52 Å². The number of rotatable bonds is 4. The molecule has 0 fully saturated rings. The summed E-state index contributed by atoms with van der Waals surface area (Å²) in [6, 6.07) is 26.6. The second-order valence-electron chi connectivity index (χ2n) is 8.14. The monoisotopic (exact) mass is 395 g/mol. The number of fused-ring (bicyclic) bond motifs is 1. The predicted molar refractivity (Wildman–Crippen MR) is 118 cm³/mol. The molecular weight excluding hydrogens is 370 g/mol. The first kappa shape index (κ1) is 18.7. The second kappa shape index (κ2) is 7.83. The molecule has 0 amide bonds. The zero-order valence-corrected chi connectivity index (χ0v) is 17.0. The molecule has 0 spiro atoms. The van der Waals surface area contributed by atoms with E-state index in [9.17, 15) is 5.11 Å². The summed E-state index contributed by atoms with van der Waals surface area (Å²) in [4.78, 5) is 5.00. The summed E-state index contributed by atoms with van der Waals surface area (Å²) in [5.41, 5.74) is 5.64. The third kappa shape index (κ3) is 3.30. The van der Waals surface area contributed by atoms with Gasteiger partial charge in [0.25, 0.3) is 0 Å². The van der Waals surface area contributed by atoms with Gasteiger partial charge in [-0.2, -0.15) is 0 Å². The smallest absolute Gasteiger partial charge is 0.206 e. The van der Waals surface area contributed by atoms with E-state index in [-0.39, 0.29) is 17.8 Å². The Labute approximate surface area is 177 Å². The van der Waals surface area contributed by atoms with Gasteiger partial charge >= 0.3 is 0 Å². The van der Waals surface area contributed by atoms with Crippen LogP contribution in [0.1, 0.15) is 64.9 Å². The molecule has 1 aliphatic carbocycles. The third-order valence-electron chi connectivity index (χ3n) is 6.42. The van der Waals surface area contributed by atoms with Gasteiger partial charge in [-0.3, -0.25) is 0 Å². The van der Waals surface area contributed by atoms with Gasteiger partial charge in [0.1, 0.15) is 12.0 Å². The Morgan fingerprint density at radius 2 is 1.57 bits per heavy atom. The van der Waals surface area contributed by atoms with E-state index in [1.807, 2.05) is 24.5 Å².